The molecule has 194 valence electrons. The van der Waals surface area contributed by atoms with Gasteiger partial charge < -0.3 is 15.0 Å². The van der Waals surface area contributed by atoms with Gasteiger partial charge in [0, 0.05) is 25.0 Å². The second kappa shape index (κ2) is 9.84. The molecule has 1 aliphatic heterocycles. The Bertz CT molecular complexity index is 1170. The number of piperidine rings is 1. The van der Waals surface area contributed by atoms with Crippen molar-refractivity contribution in [3.63, 3.8) is 0 Å². The Morgan fingerprint density at radius 3 is 2.33 bits per heavy atom. The zero-order valence-electron chi connectivity index (χ0n) is 20.9. The molecular weight excluding hydrogens is 475 g/mol. The number of amides is 2. The maximum atomic E-state index is 13.3. The van der Waals surface area contributed by atoms with Gasteiger partial charge in [-0.3, -0.25) is 9.48 Å². The molecule has 0 bridgehead atoms. The van der Waals surface area contributed by atoms with E-state index in [-0.39, 0.29) is 17.7 Å². The molecule has 1 aliphatic rings. The smallest absolute Gasteiger partial charge is 0.417 e. The minimum atomic E-state index is -4.72. The van der Waals surface area contributed by atoms with E-state index in [0.717, 1.165) is 17.7 Å². The molecule has 2 heterocycles. The Hall–Kier alpha value is -3.55. The van der Waals surface area contributed by atoms with Crippen LogP contribution in [0.25, 0.3) is 0 Å². The number of aromatic nitrogens is 2. The van der Waals surface area contributed by atoms with E-state index in [2.05, 4.69) is 10.4 Å². The van der Waals surface area contributed by atoms with Crippen molar-refractivity contribution in [1.29, 1.82) is 5.26 Å². The number of nitrogens with zero attached hydrogens (tertiary/aromatic N) is 4. The van der Waals surface area contributed by atoms with Crippen LogP contribution >= 0.6 is 0 Å². The van der Waals surface area contributed by atoms with Crippen molar-refractivity contribution in [1.82, 2.24) is 14.7 Å². The second-order valence-corrected chi connectivity index (χ2v) is 10.3. The third-order valence-corrected chi connectivity index (χ3v) is 6.05. The minimum Gasteiger partial charge on any atom is -0.444 e. The number of anilines is 1. The van der Waals surface area contributed by atoms with Crippen molar-refractivity contribution in [2.45, 2.75) is 70.7 Å². The molecule has 1 aromatic carbocycles. The van der Waals surface area contributed by atoms with Gasteiger partial charge in [0.1, 0.15) is 11.1 Å². The van der Waals surface area contributed by atoms with Gasteiger partial charge in [0.15, 0.2) is 0 Å². The molecule has 36 heavy (non-hydrogen) atoms. The van der Waals surface area contributed by atoms with Crippen molar-refractivity contribution in [3.05, 3.63) is 47.3 Å². The van der Waals surface area contributed by atoms with Crippen molar-refractivity contribution in [3.8, 4) is 6.07 Å². The van der Waals surface area contributed by atoms with Gasteiger partial charge in [-0.2, -0.15) is 23.5 Å². The summed E-state index contributed by atoms with van der Waals surface area (Å²) >= 11 is 0. The topological polar surface area (TPSA) is 100 Å². The largest absolute Gasteiger partial charge is 0.444 e. The normalized spacial score (nSPS) is 15.4. The summed E-state index contributed by atoms with van der Waals surface area (Å²) in [5, 5.41) is 15.8. The van der Waals surface area contributed by atoms with Crippen LogP contribution in [0, 0.1) is 11.3 Å². The number of nitrogens with one attached hydrogen (secondary N) is 1. The highest BCUT2D eigenvalue weighted by molar-refractivity contribution is 5.96. The van der Waals surface area contributed by atoms with Gasteiger partial charge in [0.25, 0.3) is 5.91 Å². The lowest BCUT2D eigenvalue weighted by atomic mass is 9.91. The highest BCUT2D eigenvalue weighted by Gasteiger charge is 2.36. The highest BCUT2D eigenvalue weighted by atomic mass is 19.4. The summed E-state index contributed by atoms with van der Waals surface area (Å²) in [6, 6.07) is 4.55. The molecule has 1 saturated heterocycles. The van der Waals surface area contributed by atoms with Gasteiger partial charge in [-0.25, -0.2) is 4.79 Å². The Labute approximate surface area is 208 Å². The summed E-state index contributed by atoms with van der Waals surface area (Å²) in [6.45, 7) is 9.75. The molecule has 0 aliphatic carbocycles. The van der Waals surface area contributed by atoms with Crippen molar-refractivity contribution >= 4 is 17.7 Å². The molecule has 2 amide bonds. The predicted molar refractivity (Wildman–Crippen MR) is 126 cm³/mol. The molecular formula is C25H30F3N5O3. The summed E-state index contributed by atoms with van der Waals surface area (Å²) in [5.41, 5.74) is -2.55. The number of benzene rings is 1. The lowest BCUT2D eigenvalue weighted by Crippen LogP contribution is -2.41. The lowest BCUT2D eigenvalue weighted by molar-refractivity contribution is -0.137. The molecule has 0 saturated carbocycles. The van der Waals surface area contributed by atoms with Gasteiger partial charge in [0.2, 0.25) is 0 Å². The number of rotatable bonds is 4. The number of halogens is 3. The first kappa shape index (κ1) is 27.0. The first-order valence-electron chi connectivity index (χ1n) is 11.6. The number of ether oxygens (including phenoxy) is 1. The molecule has 3 rings (SSSR count). The van der Waals surface area contributed by atoms with Crippen LogP contribution < -0.4 is 5.32 Å². The van der Waals surface area contributed by atoms with E-state index < -0.39 is 34.4 Å². The van der Waals surface area contributed by atoms with Crippen molar-refractivity contribution in [2.24, 2.45) is 0 Å². The van der Waals surface area contributed by atoms with Crippen LogP contribution in [-0.4, -0.2) is 45.4 Å². The van der Waals surface area contributed by atoms with E-state index in [9.17, 15) is 22.8 Å². The molecule has 0 spiro atoms. The Kier molecular flexibility index (Phi) is 7.39. The monoisotopic (exact) mass is 505 g/mol. The highest BCUT2D eigenvalue weighted by Crippen LogP contribution is 2.34. The van der Waals surface area contributed by atoms with Crippen LogP contribution in [0.4, 0.5) is 23.7 Å². The number of nitriles is 1. The van der Waals surface area contributed by atoms with E-state index in [1.165, 1.54) is 16.8 Å². The van der Waals surface area contributed by atoms with E-state index in [4.69, 9.17) is 10.00 Å². The van der Waals surface area contributed by atoms with Gasteiger partial charge in [-0.15, -0.1) is 0 Å². The number of hydrogen-bond acceptors (Lipinski definition) is 5. The third kappa shape index (κ3) is 6.17. The maximum absolute atomic E-state index is 13.3. The molecule has 8 nitrogen and oxygen atoms in total. The molecule has 0 atom stereocenters. The SMILES string of the molecule is CC(C)(C)OC(=O)N1CCC(c2cnn(C(C)(C)C(=O)Nc3ccc(C#N)c(C(F)(F)F)c3)c2)CC1. The molecule has 1 fully saturated rings. The number of hydrogen-bond donors (Lipinski definition) is 1. The molecule has 0 unspecified atom stereocenters. The molecule has 1 aromatic heterocycles. The average molecular weight is 506 g/mol. The van der Waals surface area contributed by atoms with Gasteiger partial charge >= 0.3 is 12.3 Å². The first-order chi connectivity index (χ1) is 16.6. The van der Waals surface area contributed by atoms with Crippen LogP contribution in [0.1, 0.15) is 70.1 Å². The van der Waals surface area contributed by atoms with Crippen LogP contribution in [0.5, 0.6) is 0 Å². The fourth-order valence-electron chi connectivity index (χ4n) is 3.92. The van der Waals surface area contributed by atoms with Crippen LogP contribution in [-0.2, 0) is 21.2 Å². The molecule has 0 radical (unpaired) electrons. The Morgan fingerprint density at radius 2 is 1.78 bits per heavy atom. The standard InChI is InChI=1S/C25H30F3N5O3/c1-23(2,3)36-22(35)32-10-8-16(9-11-32)18-14-30-33(15-18)24(4,5)21(34)31-19-7-6-17(13-29)20(12-19)25(26,27)28/h6-7,12,14-16H,8-11H2,1-5H3,(H,31,34). The fraction of sp³-hybridized carbons (Fsp3) is 0.520. The molecule has 11 heteroatoms. The van der Waals surface area contributed by atoms with Crippen molar-refractivity contribution < 1.29 is 27.5 Å². The zero-order chi connectivity index (χ0) is 26.9. The van der Waals surface area contributed by atoms with Gasteiger partial charge in [-0.05, 0) is 77.1 Å². The summed E-state index contributed by atoms with van der Waals surface area (Å²) in [7, 11) is 0. The lowest BCUT2D eigenvalue weighted by Gasteiger charge is -2.33. The van der Waals surface area contributed by atoms with Crippen LogP contribution in [0.15, 0.2) is 30.6 Å². The molecule has 2 aromatic rings. The van der Waals surface area contributed by atoms with Gasteiger partial charge in [0.05, 0.1) is 23.4 Å². The summed E-state index contributed by atoms with van der Waals surface area (Å²) in [6.07, 6.45) is -0.214. The van der Waals surface area contributed by atoms with E-state index >= 15 is 0 Å². The summed E-state index contributed by atoms with van der Waals surface area (Å²) in [4.78, 5) is 27.0. The fourth-order valence-corrected chi connectivity index (χ4v) is 3.92. The van der Waals surface area contributed by atoms with Crippen molar-refractivity contribution in [2.75, 3.05) is 18.4 Å². The molecule has 1 N–H and O–H groups in total. The summed E-state index contributed by atoms with van der Waals surface area (Å²) < 4.78 is 46.7. The number of carbonyl (C=O) groups excluding carboxylic acids is 2. The minimum absolute atomic E-state index is 0.0682. The first-order valence-corrected chi connectivity index (χ1v) is 11.6. The Morgan fingerprint density at radius 1 is 1.14 bits per heavy atom. The van der Waals surface area contributed by atoms with E-state index in [0.29, 0.717) is 25.9 Å². The maximum Gasteiger partial charge on any atom is 0.417 e. The van der Waals surface area contributed by atoms with Gasteiger partial charge in [-0.1, -0.05) is 0 Å². The number of alkyl halides is 3. The van der Waals surface area contributed by atoms with E-state index in [1.807, 2.05) is 20.8 Å². The average Bonchev–Trinajstić information content (AvgIpc) is 3.28. The quantitative estimate of drug-likeness (QED) is 0.611. The number of likely N-dealkylation sites (tertiary alicyclic amines) is 1. The van der Waals surface area contributed by atoms with Crippen LogP contribution in [0.3, 0.4) is 0 Å². The Balaban J connectivity index is 1.68. The van der Waals surface area contributed by atoms with Crippen LogP contribution in [0.2, 0.25) is 0 Å². The van der Waals surface area contributed by atoms with E-state index in [1.54, 1.807) is 31.1 Å². The second-order valence-electron chi connectivity index (χ2n) is 10.3. The predicted octanol–water partition coefficient (Wildman–Crippen LogP) is 5.26. The number of carbonyl (C=O) groups is 2. The summed E-state index contributed by atoms with van der Waals surface area (Å²) in [5.74, 6) is -0.418. The third-order valence-electron chi connectivity index (χ3n) is 6.05. The zero-order valence-corrected chi connectivity index (χ0v) is 20.9.